The third kappa shape index (κ3) is 6.11. The number of halogens is 3. The van der Waals surface area contributed by atoms with E-state index in [0.717, 1.165) is 80.4 Å². The number of hydrogen-bond donors (Lipinski definition) is 1. The van der Waals surface area contributed by atoms with Gasteiger partial charge in [-0.15, -0.1) is 13.2 Å². The molecule has 0 unspecified atom stereocenters. The average Bonchev–Trinajstić information content (AvgIpc) is 3.75. The van der Waals surface area contributed by atoms with Crippen molar-refractivity contribution >= 4 is 22.6 Å². The summed E-state index contributed by atoms with van der Waals surface area (Å²) in [4.78, 5) is 18.3. The molecule has 4 aromatic rings. The van der Waals surface area contributed by atoms with E-state index in [1.165, 1.54) is 18.2 Å². The molecule has 7 rings (SSSR count). The van der Waals surface area contributed by atoms with Gasteiger partial charge in [-0.1, -0.05) is 17.3 Å². The summed E-state index contributed by atoms with van der Waals surface area (Å²) in [6.07, 6.45) is 2.02. The normalized spacial score (nSPS) is 18.3. The van der Waals surface area contributed by atoms with E-state index in [-0.39, 0.29) is 28.9 Å². The lowest BCUT2D eigenvalue weighted by atomic mass is 9.56. The van der Waals surface area contributed by atoms with Gasteiger partial charge in [0, 0.05) is 47.3 Å². The molecule has 0 atom stereocenters. The fraction of sp³-hybridized carbons (Fsp3) is 0.457. The third-order valence-corrected chi connectivity index (χ3v) is 9.60. The largest absolute Gasteiger partial charge is 0.573 e. The van der Waals surface area contributed by atoms with Crippen LogP contribution in [0.3, 0.4) is 0 Å². The number of carboxylic acids is 1. The highest BCUT2D eigenvalue weighted by Gasteiger charge is 2.47. The summed E-state index contributed by atoms with van der Waals surface area (Å²) in [5.74, 6) is 0.658. The van der Waals surface area contributed by atoms with Crippen LogP contribution in [0.1, 0.15) is 80.1 Å². The van der Waals surface area contributed by atoms with Crippen LogP contribution in [-0.2, 0) is 6.42 Å². The Morgan fingerprint density at radius 3 is 2.50 bits per heavy atom. The highest BCUT2D eigenvalue weighted by molar-refractivity contribution is 5.94. The molecule has 2 aromatic carbocycles. The SMILES string of the molecule is CC(C)Oc1cc(C(=O)O)nc2ccc(N3CCC4(CC3)CC(Cc3c(-c5ccccc5OC(F)(F)F)noc3C3CC3)C4)cc12. The number of benzene rings is 2. The Labute approximate surface area is 264 Å². The van der Waals surface area contributed by atoms with Crippen LogP contribution >= 0.6 is 0 Å². The van der Waals surface area contributed by atoms with E-state index in [1.807, 2.05) is 32.0 Å². The van der Waals surface area contributed by atoms with E-state index in [4.69, 9.17) is 9.26 Å². The number of pyridine rings is 1. The molecule has 11 heteroatoms. The number of carboxylic acid groups (broad SMARTS) is 1. The highest BCUT2D eigenvalue weighted by Crippen LogP contribution is 2.55. The number of anilines is 1. The van der Waals surface area contributed by atoms with Gasteiger partial charge in [0.05, 0.1) is 11.6 Å². The maximum Gasteiger partial charge on any atom is 0.573 e. The van der Waals surface area contributed by atoms with Crippen molar-refractivity contribution in [1.29, 1.82) is 0 Å². The number of para-hydroxylation sites is 1. The Bertz CT molecular complexity index is 1770. The highest BCUT2D eigenvalue weighted by atomic mass is 19.4. The molecule has 1 saturated heterocycles. The quantitative estimate of drug-likeness (QED) is 0.196. The lowest BCUT2D eigenvalue weighted by Crippen LogP contribution is -2.47. The number of rotatable bonds is 9. The van der Waals surface area contributed by atoms with E-state index in [9.17, 15) is 23.1 Å². The molecule has 46 heavy (non-hydrogen) atoms. The predicted molar refractivity (Wildman–Crippen MR) is 165 cm³/mol. The smallest absolute Gasteiger partial charge is 0.490 e. The van der Waals surface area contributed by atoms with Gasteiger partial charge in [0.25, 0.3) is 0 Å². The van der Waals surface area contributed by atoms with Crippen LogP contribution in [0.2, 0.25) is 0 Å². The molecule has 0 amide bonds. The molecule has 2 saturated carbocycles. The minimum Gasteiger partial charge on any atom is -0.490 e. The minimum absolute atomic E-state index is 0.0447. The summed E-state index contributed by atoms with van der Waals surface area (Å²) >= 11 is 0. The van der Waals surface area contributed by atoms with Crippen molar-refractivity contribution < 1.29 is 37.1 Å². The van der Waals surface area contributed by atoms with Crippen LogP contribution in [0.4, 0.5) is 18.9 Å². The van der Waals surface area contributed by atoms with Crippen molar-refractivity contribution in [2.75, 3.05) is 18.0 Å². The Morgan fingerprint density at radius 1 is 1.09 bits per heavy atom. The molecule has 0 bridgehead atoms. The molecule has 3 fully saturated rings. The second-order valence-electron chi connectivity index (χ2n) is 13.3. The van der Waals surface area contributed by atoms with Crippen LogP contribution in [-0.4, -0.2) is 46.8 Å². The molecule has 2 aromatic heterocycles. The molecule has 1 aliphatic heterocycles. The summed E-state index contributed by atoms with van der Waals surface area (Å²) in [6.45, 7) is 5.61. The van der Waals surface area contributed by atoms with Crippen LogP contribution in [0, 0.1) is 11.3 Å². The number of piperidine rings is 1. The van der Waals surface area contributed by atoms with E-state index < -0.39 is 12.3 Å². The monoisotopic (exact) mass is 635 g/mol. The summed E-state index contributed by atoms with van der Waals surface area (Å²) < 4.78 is 55.6. The maximum atomic E-state index is 13.2. The number of alkyl halides is 3. The predicted octanol–water partition coefficient (Wildman–Crippen LogP) is 8.39. The Balaban J connectivity index is 1.04. The van der Waals surface area contributed by atoms with E-state index in [1.54, 1.807) is 12.1 Å². The summed E-state index contributed by atoms with van der Waals surface area (Å²) in [6, 6.07) is 13.5. The average molecular weight is 636 g/mol. The molecule has 2 aliphatic carbocycles. The number of ether oxygens (including phenoxy) is 2. The zero-order chi connectivity index (χ0) is 32.2. The van der Waals surface area contributed by atoms with Crippen LogP contribution in [0.25, 0.3) is 22.2 Å². The van der Waals surface area contributed by atoms with E-state index in [2.05, 4.69) is 19.8 Å². The molecule has 1 spiro atoms. The van der Waals surface area contributed by atoms with Crippen molar-refractivity contribution in [3.05, 3.63) is 65.5 Å². The molecular formula is C35H36F3N3O5. The molecule has 242 valence electrons. The number of carbonyl (C=O) groups is 1. The van der Waals surface area contributed by atoms with Crippen LogP contribution in [0.15, 0.2) is 53.1 Å². The van der Waals surface area contributed by atoms with Gasteiger partial charge in [-0.25, -0.2) is 9.78 Å². The van der Waals surface area contributed by atoms with Crippen molar-refractivity contribution in [2.45, 2.75) is 77.2 Å². The second kappa shape index (κ2) is 11.5. The standard InChI is InChI=1S/C35H36F3N3O5/c1-20(2)44-30-17-28(33(42)43)39-27-10-9-23(16-25(27)30)41-13-11-34(12-14-41)18-21(19-34)15-26-31(40-46-32(26)22-7-8-22)24-5-3-4-6-29(24)45-35(36,37)38/h3-6,9-10,16-17,20-22H,7-8,11-15,18-19H2,1-2H3,(H,42,43). The van der Waals surface area contributed by atoms with Crippen LogP contribution < -0.4 is 14.4 Å². The molecule has 1 N–H and O–H groups in total. The first-order chi connectivity index (χ1) is 22.0. The third-order valence-electron chi connectivity index (χ3n) is 9.60. The van der Waals surface area contributed by atoms with Gasteiger partial charge in [0.2, 0.25) is 0 Å². The first kappa shape index (κ1) is 30.4. The summed E-state index contributed by atoms with van der Waals surface area (Å²) in [7, 11) is 0. The minimum atomic E-state index is -4.80. The van der Waals surface area contributed by atoms with Gasteiger partial charge < -0.3 is 24.0 Å². The first-order valence-electron chi connectivity index (χ1n) is 15.9. The molecule has 3 aliphatic rings. The zero-order valence-corrected chi connectivity index (χ0v) is 25.8. The fourth-order valence-corrected chi connectivity index (χ4v) is 7.36. The van der Waals surface area contributed by atoms with Gasteiger partial charge in [-0.3, -0.25) is 0 Å². The van der Waals surface area contributed by atoms with Crippen LogP contribution in [0.5, 0.6) is 11.5 Å². The van der Waals surface area contributed by atoms with Gasteiger partial charge in [-0.05, 0) is 100 Å². The lowest BCUT2D eigenvalue weighted by molar-refractivity contribution is -0.274. The Hall–Kier alpha value is -4.28. The number of hydrogen-bond acceptors (Lipinski definition) is 7. The molecule has 3 heterocycles. The molecular weight excluding hydrogens is 599 g/mol. The summed E-state index contributed by atoms with van der Waals surface area (Å²) in [5, 5.41) is 14.6. The Kier molecular flexibility index (Phi) is 7.60. The van der Waals surface area contributed by atoms with Crippen molar-refractivity contribution in [1.82, 2.24) is 10.1 Å². The van der Waals surface area contributed by atoms with Gasteiger partial charge >= 0.3 is 12.3 Å². The summed E-state index contributed by atoms with van der Waals surface area (Å²) in [5.41, 5.74) is 3.53. The van der Waals surface area contributed by atoms with Gasteiger partial charge in [-0.2, -0.15) is 0 Å². The van der Waals surface area contributed by atoms with Crippen molar-refractivity contribution in [3.63, 3.8) is 0 Å². The van der Waals surface area contributed by atoms with E-state index in [0.29, 0.717) is 28.4 Å². The van der Waals surface area contributed by atoms with Gasteiger partial charge in [0.15, 0.2) is 5.69 Å². The fourth-order valence-electron chi connectivity index (χ4n) is 7.36. The maximum absolute atomic E-state index is 13.2. The molecule has 0 radical (unpaired) electrons. The van der Waals surface area contributed by atoms with Crippen molar-refractivity contribution in [3.8, 4) is 22.8 Å². The first-order valence-corrected chi connectivity index (χ1v) is 15.9. The number of aromatic nitrogens is 2. The molecule has 8 nitrogen and oxygen atoms in total. The Morgan fingerprint density at radius 2 is 1.83 bits per heavy atom. The lowest BCUT2D eigenvalue weighted by Gasteiger charge is -2.53. The number of aromatic carboxylic acids is 1. The van der Waals surface area contributed by atoms with E-state index >= 15 is 0 Å². The van der Waals surface area contributed by atoms with Gasteiger partial charge in [0.1, 0.15) is 23.0 Å². The number of nitrogens with zero attached hydrogens (tertiary/aromatic N) is 3. The topological polar surface area (TPSA) is 97.9 Å². The van der Waals surface area contributed by atoms with Crippen molar-refractivity contribution in [2.24, 2.45) is 11.3 Å². The zero-order valence-electron chi connectivity index (χ0n) is 25.8. The second-order valence-corrected chi connectivity index (χ2v) is 13.3. The number of fused-ring (bicyclic) bond motifs is 1.